The van der Waals surface area contributed by atoms with Crippen molar-refractivity contribution in [2.24, 2.45) is 0 Å². The summed E-state index contributed by atoms with van der Waals surface area (Å²) in [5, 5.41) is 5.02. The molecule has 3 aromatic carbocycles. The summed E-state index contributed by atoms with van der Waals surface area (Å²) in [7, 11) is 0. The number of nitrogens with zero attached hydrogens (tertiary/aromatic N) is 4. The fraction of sp³-hybridized carbons (Fsp3) is 0.0417. The van der Waals surface area contributed by atoms with Gasteiger partial charge in [0, 0.05) is 16.1 Å². The lowest BCUT2D eigenvalue weighted by Gasteiger charge is -2.10. The molecule has 5 nitrogen and oxygen atoms in total. The Morgan fingerprint density at radius 2 is 1.57 bits per heavy atom. The minimum Gasteiger partial charge on any atom is -0.489 e. The second-order valence-electron chi connectivity index (χ2n) is 6.80. The van der Waals surface area contributed by atoms with Crippen LogP contribution in [-0.2, 0) is 6.61 Å². The number of fused-ring (bicyclic) bond motifs is 1. The molecule has 0 atom stereocenters. The van der Waals surface area contributed by atoms with E-state index in [4.69, 9.17) is 16.3 Å². The maximum atomic E-state index is 6.02. The van der Waals surface area contributed by atoms with Gasteiger partial charge in [0.25, 0.3) is 5.78 Å². The molecule has 5 rings (SSSR count). The molecule has 2 heterocycles. The molecule has 2 aromatic heterocycles. The van der Waals surface area contributed by atoms with Gasteiger partial charge in [-0.25, -0.2) is 4.98 Å². The lowest BCUT2D eigenvalue weighted by Crippen LogP contribution is -1.99. The van der Waals surface area contributed by atoms with Crippen molar-refractivity contribution >= 4 is 17.4 Å². The van der Waals surface area contributed by atoms with Crippen molar-refractivity contribution < 1.29 is 4.74 Å². The van der Waals surface area contributed by atoms with E-state index in [2.05, 4.69) is 15.1 Å². The Bertz CT molecular complexity index is 1280. The maximum Gasteiger partial charge on any atom is 0.253 e. The molecule has 30 heavy (non-hydrogen) atoms. The fourth-order valence-electron chi connectivity index (χ4n) is 3.25. The summed E-state index contributed by atoms with van der Waals surface area (Å²) in [6, 6.07) is 27.7. The Kier molecular flexibility index (Phi) is 4.87. The molecule has 146 valence electrons. The summed E-state index contributed by atoms with van der Waals surface area (Å²) in [5.74, 6) is 1.35. The molecule has 0 aliphatic carbocycles. The summed E-state index contributed by atoms with van der Waals surface area (Å²) >= 11 is 6.02. The average molecular weight is 413 g/mol. The van der Waals surface area contributed by atoms with Crippen LogP contribution in [0.3, 0.4) is 0 Å². The van der Waals surface area contributed by atoms with Crippen molar-refractivity contribution in [3.63, 3.8) is 0 Å². The first-order chi connectivity index (χ1) is 14.8. The minimum absolute atomic E-state index is 0.531. The van der Waals surface area contributed by atoms with Crippen molar-refractivity contribution in [2.45, 2.75) is 6.61 Å². The second-order valence-corrected chi connectivity index (χ2v) is 7.24. The van der Waals surface area contributed by atoms with E-state index in [-0.39, 0.29) is 0 Å². The summed E-state index contributed by atoms with van der Waals surface area (Å²) in [4.78, 5) is 8.90. The molecule has 0 saturated heterocycles. The van der Waals surface area contributed by atoms with E-state index in [9.17, 15) is 0 Å². The van der Waals surface area contributed by atoms with Crippen LogP contribution in [0.25, 0.3) is 28.3 Å². The zero-order valence-corrected chi connectivity index (χ0v) is 16.7. The molecule has 0 bridgehead atoms. The molecule has 5 aromatic rings. The molecule has 6 heteroatoms. The van der Waals surface area contributed by atoms with Gasteiger partial charge in [-0.15, -0.1) is 0 Å². The standard InChI is InChI=1S/C24H17ClN4O/c25-20-10-6-18(7-11-20)22-14-23(29-24(28-22)26-16-27-29)19-8-12-21(13-9-19)30-15-17-4-2-1-3-5-17/h1-14,16H,15H2. The quantitative estimate of drug-likeness (QED) is 0.372. The van der Waals surface area contributed by atoms with E-state index in [0.29, 0.717) is 17.4 Å². The van der Waals surface area contributed by atoms with Crippen molar-refractivity contribution in [2.75, 3.05) is 0 Å². The first-order valence-electron chi connectivity index (χ1n) is 9.50. The highest BCUT2D eigenvalue weighted by atomic mass is 35.5. The normalized spacial score (nSPS) is 11.0. The molecule has 0 aliphatic heterocycles. The predicted molar refractivity (Wildman–Crippen MR) is 117 cm³/mol. The molecule has 0 radical (unpaired) electrons. The van der Waals surface area contributed by atoms with Gasteiger partial charge in [-0.2, -0.15) is 14.6 Å². The summed E-state index contributed by atoms with van der Waals surface area (Å²) in [6.07, 6.45) is 1.51. The molecular formula is C24H17ClN4O. The maximum absolute atomic E-state index is 6.02. The lowest BCUT2D eigenvalue weighted by molar-refractivity contribution is 0.306. The Hall–Kier alpha value is -3.70. The van der Waals surface area contributed by atoms with E-state index in [1.165, 1.54) is 6.33 Å². The largest absolute Gasteiger partial charge is 0.489 e. The van der Waals surface area contributed by atoms with Gasteiger partial charge in [0.05, 0.1) is 11.4 Å². The van der Waals surface area contributed by atoms with Crippen molar-refractivity contribution in [3.05, 3.63) is 102 Å². The van der Waals surface area contributed by atoms with Crippen LogP contribution in [0.2, 0.25) is 5.02 Å². The highest BCUT2D eigenvalue weighted by Crippen LogP contribution is 2.28. The van der Waals surface area contributed by atoms with Gasteiger partial charge in [0.15, 0.2) is 0 Å². The molecule has 0 fully saturated rings. The van der Waals surface area contributed by atoms with Gasteiger partial charge in [0.2, 0.25) is 0 Å². The van der Waals surface area contributed by atoms with E-state index in [1.807, 2.05) is 84.9 Å². The Balaban J connectivity index is 1.46. The third-order valence-corrected chi connectivity index (χ3v) is 5.04. The van der Waals surface area contributed by atoms with Crippen LogP contribution in [-0.4, -0.2) is 19.6 Å². The summed E-state index contributed by atoms with van der Waals surface area (Å²) in [5.41, 5.74) is 4.81. The Labute approximate surface area is 178 Å². The van der Waals surface area contributed by atoms with E-state index >= 15 is 0 Å². The number of rotatable bonds is 5. The van der Waals surface area contributed by atoms with Crippen LogP contribution in [0.4, 0.5) is 0 Å². The van der Waals surface area contributed by atoms with Gasteiger partial charge in [0.1, 0.15) is 18.7 Å². The van der Waals surface area contributed by atoms with Gasteiger partial charge in [-0.05, 0) is 48.0 Å². The van der Waals surface area contributed by atoms with Gasteiger partial charge < -0.3 is 4.74 Å². The van der Waals surface area contributed by atoms with Gasteiger partial charge in [-0.3, -0.25) is 0 Å². The topological polar surface area (TPSA) is 52.3 Å². The monoisotopic (exact) mass is 412 g/mol. The van der Waals surface area contributed by atoms with E-state index in [1.54, 1.807) is 4.52 Å². The minimum atomic E-state index is 0.531. The average Bonchev–Trinajstić information content (AvgIpc) is 3.27. The number of hydrogen-bond donors (Lipinski definition) is 0. The van der Waals surface area contributed by atoms with E-state index in [0.717, 1.165) is 33.8 Å². The van der Waals surface area contributed by atoms with Crippen molar-refractivity contribution in [1.82, 2.24) is 19.6 Å². The summed E-state index contributed by atoms with van der Waals surface area (Å²) < 4.78 is 7.64. The second kappa shape index (κ2) is 7.97. The van der Waals surface area contributed by atoms with E-state index < -0.39 is 0 Å². The van der Waals surface area contributed by atoms with Crippen LogP contribution in [0.1, 0.15) is 5.56 Å². The number of hydrogen-bond acceptors (Lipinski definition) is 4. The molecule has 0 N–H and O–H groups in total. The third-order valence-electron chi connectivity index (χ3n) is 4.79. The van der Waals surface area contributed by atoms with Crippen molar-refractivity contribution in [1.29, 1.82) is 0 Å². The number of benzene rings is 3. The molecule has 0 unspecified atom stereocenters. The van der Waals surface area contributed by atoms with Gasteiger partial charge in [-0.1, -0.05) is 54.1 Å². The fourth-order valence-corrected chi connectivity index (χ4v) is 3.38. The van der Waals surface area contributed by atoms with Crippen LogP contribution in [0, 0.1) is 0 Å². The van der Waals surface area contributed by atoms with Crippen LogP contribution >= 0.6 is 11.6 Å². The first kappa shape index (κ1) is 18.3. The SMILES string of the molecule is Clc1ccc(-c2cc(-c3ccc(OCc4ccccc4)cc3)n3ncnc3n2)cc1. The molecule has 0 amide bonds. The highest BCUT2D eigenvalue weighted by Gasteiger charge is 2.11. The Morgan fingerprint density at radius 1 is 0.833 bits per heavy atom. The molecule has 0 spiro atoms. The zero-order chi connectivity index (χ0) is 20.3. The number of ether oxygens (including phenoxy) is 1. The third kappa shape index (κ3) is 3.75. The number of aromatic nitrogens is 4. The Morgan fingerprint density at radius 3 is 2.33 bits per heavy atom. The lowest BCUT2D eigenvalue weighted by atomic mass is 10.1. The smallest absolute Gasteiger partial charge is 0.253 e. The number of halogens is 1. The van der Waals surface area contributed by atoms with Crippen LogP contribution < -0.4 is 4.74 Å². The highest BCUT2D eigenvalue weighted by molar-refractivity contribution is 6.30. The van der Waals surface area contributed by atoms with Crippen LogP contribution in [0.5, 0.6) is 5.75 Å². The summed E-state index contributed by atoms with van der Waals surface area (Å²) in [6.45, 7) is 0.531. The zero-order valence-electron chi connectivity index (χ0n) is 15.9. The molecule has 0 saturated carbocycles. The van der Waals surface area contributed by atoms with Crippen molar-refractivity contribution in [3.8, 4) is 28.3 Å². The molecule has 0 aliphatic rings. The predicted octanol–water partition coefficient (Wildman–Crippen LogP) is 5.69. The van der Waals surface area contributed by atoms with Gasteiger partial charge >= 0.3 is 0 Å². The molecular weight excluding hydrogens is 396 g/mol. The first-order valence-corrected chi connectivity index (χ1v) is 9.88. The van der Waals surface area contributed by atoms with Crippen LogP contribution in [0.15, 0.2) is 91.3 Å².